The van der Waals surface area contributed by atoms with Crippen molar-refractivity contribution in [2.24, 2.45) is 0 Å². The average Bonchev–Trinajstić information content (AvgIpc) is 3.69. The van der Waals surface area contributed by atoms with Gasteiger partial charge >= 0.3 is 5.97 Å². The van der Waals surface area contributed by atoms with Gasteiger partial charge in [-0.05, 0) is 82.4 Å². The van der Waals surface area contributed by atoms with Crippen molar-refractivity contribution in [1.82, 2.24) is 4.57 Å². The van der Waals surface area contributed by atoms with Gasteiger partial charge in [-0.1, -0.05) is 97.1 Å². The normalized spacial score (nSPS) is 11.4. The average molecular weight is 599 g/mol. The summed E-state index contributed by atoms with van der Waals surface area (Å²) in [5, 5.41) is 20.7. The van der Waals surface area contributed by atoms with Gasteiger partial charge in [-0.15, -0.1) is 11.3 Å². The van der Waals surface area contributed by atoms with E-state index in [1.165, 1.54) is 34.1 Å². The zero-order valence-corrected chi connectivity index (χ0v) is 24.9. The summed E-state index contributed by atoms with van der Waals surface area (Å²) < 4.78 is 2.30. The molecule has 5 aromatic carbocycles. The molecule has 2 heterocycles. The van der Waals surface area contributed by atoms with E-state index in [1.807, 2.05) is 24.3 Å². The summed E-state index contributed by atoms with van der Waals surface area (Å²) in [7, 11) is 0. The Bertz CT molecular complexity index is 2240. The topological polar surface area (TPSA) is 66.0 Å². The van der Waals surface area contributed by atoms with Crippen LogP contribution in [0.2, 0.25) is 0 Å². The highest BCUT2D eigenvalue weighted by atomic mass is 32.1. The third kappa shape index (κ3) is 5.47. The molecule has 7 rings (SSSR count). The van der Waals surface area contributed by atoms with Gasteiger partial charge in [0.1, 0.15) is 11.6 Å². The molecule has 0 spiro atoms. The van der Waals surface area contributed by atoms with E-state index in [0.717, 1.165) is 48.4 Å². The lowest BCUT2D eigenvalue weighted by Crippen LogP contribution is -1.96. The van der Waals surface area contributed by atoms with Crippen LogP contribution in [-0.2, 0) is 4.79 Å². The van der Waals surface area contributed by atoms with E-state index < -0.39 is 5.97 Å². The Morgan fingerprint density at radius 3 is 2.00 bits per heavy atom. The second-order valence-electron chi connectivity index (χ2n) is 10.6. The van der Waals surface area contributed by atoms with Crippen LogP contribution in [0.3, 0.4) is 0 Å². The van der Waals surface area contributed by atoms with Crippen molar-refractivity contribution in [3.8, 4) is 22.2 Å². The van der Waals surface area contributed by atoms with Crippen LogP contribution in [0.1, 0.15) is 21.6 Å². The largest absolute Gasteiger partial charge is 0.477 e. The fraction of sp³-hybridized carbons (Fsp3) is 0. The minimum Gasteiger partial charge on any atom is -0.477 e. The molecule has 0 radical (unpaired) electrons. The summed E-state index contributed by atoms with van der Waals surface area (Å²) in [4.78, 5) is 13.0. The number of nitrogens with zero attached hydrogens (tertiary/aromatic N) is 2. The third-order valence-electron chi connectivity index (χ3n) is 7.85. The smallest absolute Gasteiger partial charge is 0.346 e. The summed E-state index contributed by atoms with van der Waals surface area (Å²) in [6, 6.07) is 50.1. The summed E-state index contributed by atoms with van der Waals surface area (Å²) in [5.74, 6) is -1.22. The van der Waals surface area contributed by atoms with Crippen LogP contribution in [0.4, 0.5) is 0 Å². The number of carboxylic acids is 1. The molecule has 0 fully saturated rings. The number of thiophene rings is 1. The molecule has 214 valence electrons. The number of aliphatic carboxylic acids is 1. The quantitative estimate of drug-likeness (QED) is 0.113. The molecule has 7 aromatic rings. The molecule has 45 heavy (non-hydrogen) atoms. The second kappa shape index (κ2) is 12.0. The van der Waals surface area contributed by atoms with Crippen molar-refractivity contribution in [2.45, 2.75) is 0 Å². The summed E-state index contributed by atoms with van der Waals surface area (Å²) >= 11 is 1.46. The molecule has 1 N–H and O–H groups in total. The predicted molar refractivity (Wildman–Crippen MR) is 185 cm³/mol. The lowest BCUT2D eigenvalue weighted by atomic mass is 9.96. The van der Waals surface area contributed by atoms with Gasteiger partial charge < -0.3 is 9.67 Å². The molecular formula is C40H26N2O2S. The van der Waals surface area contributed by atoms with E-state index in [0.29, 0.717) is 0 Å². The first kappa shape index (κ1) is 27.8. The Labute approximate surface area is 264 Å². The number of carboxylic acid groups (broad SMARTS) is 1. The van der Waals surface area contributed by atoms with Gasteiger partial charge in [0.2, 0.25) is 0 Å². The van der Waals surface area contributed by atoms with E-state index in [2.05, 4.69) is 126 Å². The summed E-state index contributed by atoms with van der Waals surface area (Å²) in [5.41, 5.74) is 8.71. The Morgan fingerprint density at radius 2 is 1.33 bits per heavy atom. The molecular weight excluding hydrogens is 573 g/mol. The lowest BCUT2D eigenvalue weighted by Gasteiger charge is -2.11. The lowest BCUT2D eigenvalue weighted by molar-refractivity contribution is -0.132. The Hall–Kier alpha value is -5.96. The van der Waals surface area contributed by atoms with Gasteiger partial charge in [0.05, 0.1) is 11.0 Å². The van der Waals surface area contributed by atoms with E-state index >= 15 is 0 Å². The van der Waals surface area contributed by atoms with Gasteiger partial charge in [0, 0.05) is 26.2 Å². The second-order valence-corrected chi connectivity index (χ2v) is 11.8. The molecule has 4 nitrogen and oxygen atoms in total. The van der Waals surface area contributed by atoms with Crippen molar-refractivity contribution in [2.75, 3.05) is 0 Å². The van der Waals surface area contributed by atoms with Gasteiger partial charge in [-0.3, -0.25) is 0 Å². The molecule has 0 aliphatic heterocycles. The molecule has 0 saturated heterocycles. The molecule has 5 heteroatoms. The van der Waals surface area contributed by atoms with E-state index in [1.54, 1.807) is 6.07 Å². The first-order chi connectivity index (χ1) is 22.1. The van der Waals surface area contributed by atoms with Crippen LogP contribution < -0.4 is 0 Å². The number of benzene rings is 5. The number of para-hydroxylation sites is 1. The van der Waals surface area contributed by atoms with E-state index in [4.69, 9.17) is 5.26 Å². The predicted octanol–water partition coefficient (Wildman–Crippen LogP) is 10.1. The van der Waals surface area contributed by atoms with Crippen molar-refractivity contribution in [3.63, 3.8) is 0 Å². The number of fused-ring (bicyclic) bond motifs is 3. The number of hydrogen-bond acceptors (Lipinski definition) is 3. The van der Waals surface area contributed by atoms with E-state index in [-0.39, 0.29) is 5.57 Å². The molecule has 0 amide bonds. The first-order valence-corrected chi connectivity index (χ1v) is 15.3. The van der Waals surface area contributed by atoms with Crippen molar-refractivity contribution in [3.05, 3.63) is 167 Å². The van der Waals surface area contributed by atoms with Crippen molar-refractivity contribution < 1.29 is 9.90 Å². The maximum atomic E-state index is 11.3. The minimum absolute atomic E-state index is 0.278. The first-order valence-electron chi connectivity index (χ1n) is 14.5. The van der Waals surface area contributed by atoms with Crippen LogP contribution >= 0.6 is 11.3 Å². The van der Waals surface area contributed by atoms with Crippen LogP contribution in [-0.4, -0.2) is 15.6 Å². The highest BCUT2D eigenvalue weighted by Gasteiger charge is 2.14. The zero-order chi connectivity index (χ0) is 30.8. The van der Waals surface area contributed by atoms with Gasteiger partial charge in [0.15, 0.2) is 0 Å². The van der Waals surface area contributed by atoms with Crippen molar-refractivity contribution in [1.29, 1.82) is 5.26 Å². The van der Waals surface area contributed by atoms with Crippen molar-refractivity contribution >= 4 is 56.8 Å². The maximum absolute atomic E-state index is 11.3. The molecule has 0 atom stereocenters. The van der Waals surface area contributed by atoms with Crippen LogP contribution in [0.15, 0.2) is 145 Å². The van der Waals surface area contributed by atoms with Crippen LogP contribution in [0, 0.1) is 11.3 Å². The number of aromatic nitrogens is 1. The number of nitriles is 1. The Kier molecular flexibility index (Phi) is 7.41. The molecule has 0 unspecified atom stereocenters. The van der Waals surface area contributed by atoms with E-state index in [9.17, 15) is 9.90 Å². The standard InChI is InChI=1S/C40H26N2O2S/c41-26-31(40(43)44)24-33-20-22-39(45-33)30-17-21-38-36(25-30)34-13-7-8-14-37(34)42(38)32-18-15-27(16-19-32)23-35(28-9-3-1-4-10-28)29-11-5-2-6-12-29/h1-25H,(H,43,44)/b31-24+. The van der Waals surface area contributed by atoms with Gasteiger partial charge in [0.25, 0.3) is 0 Å². The highest BCUT2D eigenvalue weighted by molar-refractivity contribution is 7.16. The summed E-state index contributed by atoms with van der Waals surface area (Å²) in [6.45, 7) is 0. The molecule has 0 bridgehead atoms. The van der Waals surface area contributed by atoms with Gasteiger partial charge in [-0.25, -0.2) is 4.79 Å². The maximum Gasteiger partial charge on any atom is 0.346 e. The minimum atomic E-state index is -1.22. The monoisotopic (exact) mass is 598 g/mol. The highest BCUT2D eigenvalue weighted by Crippen LogP contribution is 2.37. The summed E-state index contributed by atoms with van der Waals surface area (Å²) in [6.07, 6.45) is 3.66. The molecule has 0 aliphatic carbocycles. The fourth-order valence-electron chi connectivity index (χ4n) is 5.73. The van der Waals surface area contributed by atoms with Crippen LogP contribution in [0.25, 0.3) is 55.7 Å². The number of hydrogen-bond donors (Lipinski definition) is 1. The molecule has 0 saturated carbocycles. The molecule has 2 aromatic heterocycles. The Morgan fingerprint density at radius 1 is 0.689 bits per heavy atom. The zero-order valence-electron chi connectivity index (χ0n) is 24.1. The number of carbonyl (C=O) groups is 1. The van der Waals surface area contributed by atoms with Crippen LogP contribution in [0.5, 0.6) is 0 Å². The SMILES string of the molecule is N#C/C(=C\c1ccc(-c2ccc3c(c2)c2ccccc2n3-c2ccc(C=C(c3ccccc3)c3ccccc3)cc2)s1)C(=O)O. The van der Waals surface area contributed by atoms with Gasteiger partial charge in [-0.2, -0.15) is 5.26 Å². The molecule has 0 aliphatic rings. The fourth-order valence-corrected chi connectivity index (χ4v) is 6.68. The number of rotatable bonds is 7. The Balaban J connectivity index is 1.28. The third-order valence-corrected chi connectivity index (χ3v) is 8.93.